The van der Waals surface area contributed by atoms with E-state index in [0.717, 1.165) is 31.8 Å². The SMILES string of the molecule is ClP(Cl)(=N[P+](c1ccccc1)(c1ccccc1)c1ccccc1)N=P(c1ccccc1)(c1ccccc1)c1ccccc1.Cl[P-](Cl)(Cl)(Cl)(Cl)Cl. The molecule has 0 aromatic heterocycles. The summed E-state index contributed by atoms with van der Waals surface area (Å²) in [5, 5.41) is 6.48. The van der Waals surface area contributed by atoms with Crippen molar-refractivity contribution in [3.8, 4) is 0 Å². The number of benzene rings is 6. The summed E-state index contributed by atoms with van der Waals surface area (Å²) < 4.78 is 6.43. The first-order chi connectivity index (χ1) is 23.5. The summed E-state index contributed by atoms with van der Waals surface area (Å²) in [6, 6.07) is 62.5. The molecule has 0 N–H and O–H groups in total. The molecule has 0 aliphatic rings. The third kappa shape index (κ3) is 11.0. The molecular formula is C36H30Cl8N2P4. The van der Waals surface area contributed by atoms with Crippen molar-refractivity contribution in [3.05, 3.63) is 182 Å². The van der Waals surface area contributed by atoms with E-state index in [1.807, 2.05) is 36.4 Å². The average molecular weight is 898 g/mol. The van der Waals surface area contributed by atoms with Gasteiger partial charge in [-0.2, -0.15) is 0 Å². The van der Waals surface area contributed by atoms with E-state index >= 15 is 0 Å². The molecular weight excluding hydrogens is 868 g/mol. The van der Waals surface area contributed by atoms with Gasteiger partial charge in [-0.25, -0.2) is 4.52 Å². The van der Waals surface area contributed by atoms with Crippen LogP contribution < -0.4 is 31.8 Å². The van der Waals surface area contributed by atoms with Crippen LogP contribution in [0.3, 0.4) is 0 Å². The van der Waals surface area contributed by atoms with Crippen molar-refractivity contribution < 1.29 is 0 Å². The Morgan fingerprint density at radius 2 is 0.600 bits per heavy atom. The molecule has 0 heterocycles. The van der Waals surface area contributed by atoms with Gasteiger partial charge >= 0.3 is 69.5 Å². The summed E-state index contributed by atoms with van der Waals surface area (Å²) in [5.41, 5.74) is 0. The Morgan fingerprint density at radius 3 is 0.840 bits per heavy atom. The van der Waals surface area contributed by atoms with Crippen LogP contribution in [-0.4, -0.2) is 0 Å². The topological polar surface area (TPSA) is 24.7 Å². The Labute approximate surface area is 332 Å². The second-order valence-electron chi connectivity index (χ2n) is 10.9. The third-order valence-corrected chi connectivity index (χ3v) is 19.8. The Bertz CT molecular complexity index is 1910. The average Bonchev–Trinajstić information content (AvgIpc) is 3.10. The molecule has 0 aliphatic heterocycles. The minimum absolute atomic E-state index is 1.08. The van der Waals surface area contributed by atoms with Crippen LogP contribution in [-0.2, 0) is 0 Å². The van der Waals surface area contributed by atoms with E-state index in [1.54, 1.807) is 0 Å². The molecule has 0 fully saturated rings. The van der Waals surface area contributed by atoms with Crippen LogP contribution in [0.15, 0.2) is 191 Å². The first kappa shape index (κ1) is 40.2. The molecule has 0 spiro atoms. The van der Waals surface area contributed by atoms with Gasteiger partial charge in [0.05, 0.1) is 7.05 Å². The summed E-state index contributed by atoms with van der Waals surface area (Å²) >= 11 is 45.2. The van der Waals surface area contributed by atoms with Crippen LogP contribution in [0.4, 0.5) is 0 Å². The molecule has 0 aliphatic carbocycles. The van der Waals surface area contributed by atoms with Gasteiger partial charge in [-0.15, -0.1) is 0 Å². The fourth-order valence-electron chi connectivity index (χ4n) is 5.41. The molecule has 0 saturated heterocycles. The van der Waals surface area contributed by atoms with Gasteiger partial charge in [-0.1, -0.05) is 150 Å². The maximum absolute atomic E-state index is 7.60. The van der Waals surface area contributed by atoms with Gasteiger partial charge in [-0.3, -0.25) is 0 Å². The fraction of sp³-hybridized carbons (Fsp3) is 0. The van der Waals surface area contributed by atoms with Gasteiger partial charge in [0, 0.05) is 15.9 Å². The summed E-state index contributed by atoms with van der Waals surface area (Å²) in [7, 11) is -5.40. The molecule has 6 aromatic carbocycles. The predicted molar refractivity (Wildman–Crippen MR) is 236 cm³/mol. The van der Waals surface area contributed by atoms with Crippen LogP contribution in [0, 0.1) is 0 Å². The van der Waals surface area contributed by atoms with Crippen molar-refractivity contribution in [3.63, 3.8) is 0 Å². The van der Waals surface area contributed by atoms with Crippen LogP contribution in [0.2, 0.25) is 0 Å². The summed E-state index contributed by atoms with van der Waals surface area (Å²) in [6.07, 6.45) is 0. The predicted octanol–water partition coefficient (Wildman–Crippen LogP) is 14.5. The number of hydrogen-bond donors (Lipinski definition) is 0. The molecule has 50 heavy (non-hydrogen) atoms. The van der Waals surface area contributed by atoms with Crippen LogP contribution in [0.1, 0.15) is 0 Å². The summed E-state index contributed by atoms with van der Waals surface area (Å²) in [4.78, 5) is 0. The Kier molecular flexibility index (Phi) is 12.6. The summed E-state index contributed by atoms with van der Waals surface area (Å²) in [5.74, 6) is -3.39. The van der Waals surface area contributed by atoms with E-state index in [1.165, 1.54) is 0 Å². The van der Waals surface area contributed by atoms with Crippen molar-refractivity contribution in [1.29, 1.82) is 0 Å². The molecule has 0 saturated carbocycles. The van der Waals surface area contributed by atoms with Crippen molar-refractivity contribution >= 4 is 144 Å². The first-order valence-electron chi connectivity index (χ1n) is 15.0. The van der Waals surface area contributed by atoms with Gasteiger partial charge in [0.25, 0.3) is 5.91 Å². The maximum atomic E-state index is 7.60. The zero-order valence-electron chi connectivity index (χ0n) is 26.0. The monoisotopic (exact) mass is 894 g/mol. The quantitative estimate of drug-likeness (QED) is 0.136. The van der Waals surface area contributed by atoms with Gasteiger partial charge < -0.3 is 0 Å². The molecule has 0 amide bonds. The Hall–Kier alpha value is -1.04. The minimum atomic E-state index is -4.82. The number of rotatable bonds is 8. The zero-order chi connectivity index (χ0) is 36.0. The van der Waals surface area contributed by atoms with E-state index in [-0.39, 0.29) is 0 Å². The molecule has 0 radical (unpaired) electrons. The zero-order valence-corrected chi connectivity index (χ0v) is 35.7. The van der Waals surface area contributed by atoms with Crippen LogP contribution >= 0.6 is 112 Å². The molecule has 2 nitrogen and oxygen atoms in total. The number of hydrogen-bond acceptors (Lipinski definition) is 1. The molecule has 0 bridgehead atoms. The fourth-order valence-corrected chi connectivity index (χ4v) is 20.0. The van der Waals surface area contributed by atoms with E-state index in [0.29, 0.717) is 0 Å². The Balaban J connectivity index is 0.000000630. The summed E-state index contributed by atoms with van der Waals surface area (Å²) in [6.45, 7) is 0. The number of nitrogens with zero attached hydrogens (tertiary/aromatic N) is 2. The second-order valence-corrected chi connectivity index (χ2v) is 47.1. The van der Waals surface area contributed by atoms with Crippen molar-refractivity contribution in [2.24, 2.45) is 9.03 Å². The molecule has 14 heteroatoms. The molecule has 6 aromatic rings. The van der Waals surface area contributed by atoms with Gasteiger partial charge in [-0.05, 0) is 58.9 Å². The first-order valence-corrected chi connectivity index (χ1v) is 30.1. The molecule has 260 valence electrons. The van der Waals surface area contributed by atoms with E-state index in [4.69, 9.17) is 99.0 Å². The normalized spacial score (nSPS) is 13.5. The van der Waals surface area contributed by atoms with Gasteiger partial charge in [0.2, 0.25) is 7.41 Å². The van der Waals surface area contributed by atoms with Crippen molar-refractivity contribution in [2.45, 2.75) is 0 Å². The third-order valence-electron chi connectivity index (χ3n) is 7.26. The van der Waals surface area contributed by atoms with Gasteiger partial charge in [0.15, 0.2) is 0 Å². The van der Waals surface area contributed by atoms with E-state index < -0.39 is 22.4 Å². The van der Waals surface area contributed by atoms with E-state index in [9.17, 15) is 0 Å². The number of halogens is 8. The Morgan fingerprint density at radius 1 is 0.380 bits per heavy atom. The standard InChI is InChI=1S/C36H30Cl2N2P3.Cl6P/c37-43(38,39-41(31-19-7-1-8-20-31,32-21-9-2-10-22-32)33-23-11-3-12-24-33)40-42(34-25-13-4-14-26-34,35-27-15-5-16-28-35)36-29-17-6-18-30-36;1-7(2,3,4,5)6/h1-30H;/q+1;-1. The van der Waals surface area contributed by atoms with Gasteiger partial charge in [0.1, 0.15) is 15.9 Å². The van der Waals surface area contributed by atoms with Crippen molar-refractivity contribution in [1.82, 2.24) is 0 Å². The van der Waals surface area contributed by atoms with Crippen LogP contribution in [0.25, 0.3) is 0 Å². The second kappa shape index (κ2) is 15.7. The van der Waals surface area contributed by atoms with Crippen molar-refractivity contribution in [2.75, 3.05) is 0 Å². The van der Waals surface area contributed by atoms with E-state index in [2.05, 4.69) is 146 Å². The molecule has 0 atom stereocenters. The molecule has 0 unspecified atom stereocenters. The molecule has 6 rings (SSSR count). The van der Waals surface area contributed by atoms with Crippen LogP contribution in [0.5, 0.6) is 0 Å².